The molecular formula is C28H29ClN4O2S. The molecule has 186 valence electrons. The van der Waals surface area contributed by atoms with Gasteiger partial charge in [0.25, 0.3) is 0 Å². The summed E-state index contributed by atoms with van der Waals surface area (Å²) in [5.74, 6) is 2.17. The van der Waals surface area contributed by atoms with E-state index in [0.29, 0.717) is 23.8 Å². The fraction of sp³-hybridized carbons (Fsp3) is 0.250. The maximum atomic E-state index is 12.6. The summed E-state index contributed by atoms with van der Waals surface area (Å²) in [5.41, 5.74) is 5.51. The van der Waals surface area contributed by atoms with Gasteiger partial charge in [0.1, 0.15) is 11.6 Å². The zero-order valence-corrected chi connectivity index (χ0v) is 22.2. The van der Waals surface area contributed by atoms with E-state index in [-0.39, 0.29) is 12.3 Å². The van der Waals surface area contributed by atoms with Crippen molar-refractivity contribution in [3.05, 3.63) is 99.8 Å². The van der Waals surface area contributed by atoms with Crippen LogP contribution in [0, 0.1) is 13.8 Å². The van der Waals surface area contributed by atoms with E-state index in [1.54, 1.807) is 18.9 Å². The van der Waals surface area contributed by atoms with Gasteiger partial charge in [-0.15, -0.1) is 10.2 Å². The second-order valence-corrected chi connectivity index (χ2v) is 9.97. The summed E-state index contributed by atoms with van der Waals surface area (Å²) in [6.07, 6.45) is 0.733. The van der Waals surface area contributed by atoms with E-state index in [2.05, 4.69) is 47.6 Å². The van der Waals surface area contributed by atoms with Gasteiger partial charge in [-0.3, -0.25) is 9.36 Å². The van der Waals surface area contributed by atoms with Gasteiger partial charge in [0, 0.05) is 35.7 Å². The van der Waals surface area contributed by atoms with Gasteiger partial charge < -0.3 is 10.1 Å². The lowest BCUT2D eigenvalue weighted by Crippen LogP contribution is -2.23. The van der Waals surface area contributed by atoms with E-state index in [4.69, 9.17) is 16.3 Å². The quantitative estimate of drug-likeness (QED) is 0.256. The Hall–Kier alpha value is -3.29. The number of aromatic nitrogens is 3. The number of aryl methyl sites for hydroxylation is 3. The fourth-order valence-corrected chi connectivity index (χ4v) is 5.17. The molecule has 4 aromatic rings. The largest absolute Gasteiger partial charge is 0.496 e. The van der Waals surface area contributed by atoms with Crippen LogP contribution in [0.1, 0.15) is 34.5 Å². The van der Waals surface area contributed by atoms with Gasteiger partial charge >= 0.3 is 0 Å². The van der Waals surface area contributed by atoms with E-state index < -0.39 is 0 Å². The van der Waals surface area contributed by atoms with Crippen molar-refractivity contribution in [1.82, 2.24) is 20.1 Å². The Morgan fingerprint density at radius 1 is 1.03 bits per heavy atom. The van der Waals surface area contributed by atoms with Crippen molar-refractivity contribution in [3.63, 3.8) is 0 Å². The second kappa shape index (κ2) is 12.1. The summed E-state index contributed by atoms with van der Waals surface area (Å²) < 4.78 is 7.36. The van der Waals surface area contributed by atoms with Crippen LogP contribution in [0.15, 0.2) is 71.9 Å². The maximum Gasteiger partial charge on any atom is 0.220 e. The first-order chi connectivity index (χ1) is 17.4. The van der Waals surface area contributed by atoms with Crippen molar-refractivity contribution in [2.45, 2.75) is 44.1 Å². The van der Waals surface area contributed by atoms with Gasteiger partial charge in [-0.2, -0.15) is 0 Å². The van der Waals surface area contributed by atoms with Crippen LogP contribution in [0.2, 0.25) is 5.02 Å². The number of carbonyl (C=O) groups excluding carboxylic acids is 1. The molecule has 0 aliphatic carbocycles. The molecule has 6 nitrogen and oxygen atoms in total. The van der Waals surface area contributed by atoms with E-state index in [1.165, 1.54) is 16.7 Å². The summed E-state index contributed by atoms with van der Waals surface area (Å²) >= 11 is 7.91. The predicted molar refractivity (Wildman–Crippen MR) is 145 cm³/mol. The Morgan fingerprint density at radius 2 is 1.81 bits per heavy atom. The van der Waals surface area contributed by atoms with Crippen molar-refractivity contribution in [1.29, 1.82) is 0 Å². The number of nitrogens with one attached hydrogen (secondary N) is 1. The van der Waals surface area contributed by atoms with Gasteiger partial charge in [-0.25, -0.2) is 0 Å². The van der Waals surface area contributed by atoms with Crippen LogP contribution in [0.4, 0.5) is 0 Å². The van der Waals surface area contributed by atoms with Crippen molar-refractivity contribution in [2.75, 3.05) is 7.11 Å². The van der Waals surface area contributed by atoms with E-state index in [9.17, 15) is 4.79 Å². The molecule has 0 aliphatic heterocycles. The first-order valence-electron chi connectivity index (χ1n) is 11.7. The Morgan fingerprint density at radius 3 is 2.56 bits per heavy atom. The minimum Gasteiger partial charge on any atom is -0.496 e. The molecule has 1 amide bonds. The van der Waals surface area contributed by atoms with Gasteiger partial charge in [0.2, 0.25) is 5.91 Å². The lowest BCUT2D eigenvalue weighted by atomic mass is 10.1. The Balaban J connectivity index is 1.48. The highest BCUT2D eigenvalue weighted by Gasteiger charge is 2.17. The summed E-state index contributed by atoms with van der Waals surface area (Å²) in [7, 11) is 1.62. The lowest BCUT2D eigenvalue weighted by Gasteiger charge is -2.12. The molecule has 4 rings (SSSR count). The third kappa shape index (κ3) is 6.68. The molecule has 0 spiro atoms. The average molecular weight is 521 g/mol. The maximum absolute atomic E-state index is 12.6. The van der Waals surface area contributed by atoms with Crippen molar-refractivity contribution >= 4 is 29.3 Å². The molecule has 1 heterocycles. The van der Waals surface area contributed by atoms with Gasteiger partial charge in [0.15, 0.2) is 5.16 Å². The molecular weight excluding hydrogens is 492 g/mol. The minimum absolute atomic E-state index is 0.0639. The van der Waals surface area contributed by atoms with E-state index >= 15 is 0 Å². The van der Waals surface area contributed by atoms with Gasteiger partial charge in [-0.05, 0) is 43.7 Å². The van der Waals surface area contributed by atoms with Crippen LogP contribution in [-0.4, -0.2) is 27.8 Å². The SMILES string of the molecule is COc1ccccc1CNC(=O)CCc1nnc(SCc2cc(C)cc(C)c2)n1-c1cccc(Cl)c1. The molecule has 0 bridgehead atoms. The average Bonchev–Trinajstić information content (AvgIpc) is 3.27. The Labute approximate surface area is 221 Å². The highest BCUT2D eigenvalue weighted by atomic mass is 35.5. The molecule has 0 saturated carbocycles. The molecule has 0 unspecified atom stereocenters. The van der Waals surface area contributed by atoms with Crippen molar-refractivity contribution in [2.24, 2.45) is 0 Å². The predicted octanol–water partition coefficient (Wildman–Crippen LogP) is 6.09. The number of nitrogens with zero attached hydrogens (tertiary/aromatic N) is 3. The number of hydrogen-bond acceptors (Lipinski definition) is 5. The van der Waals surface area contributed by atoms with Gasteiger partial charge in [0.05, 0.1) is 12.8 Å². The van der Waals surface area contributed by atoms with Crippen LogP contribution in [-0.2, 0) is 23.5 Å². The molecule has 0 aliphatic rings. The molecule has 1 aromatic heterocycles. The number of methoxy groups -OCH3 is 1. The topological polar surface area (TPSA) is 69.0 Å². The number of hydrogen-bond donors (Lipinski definition) is 1. The number of amides is 1. The van der Waals surface area contributed by atoms with Crippen molar-refractivity contribution < 1.29 is 9.53 Å². The van der Waals surface area contributed by atoms with E-state index in [0.717, 1.165) is 27.9 Å². The smallest absolute Gasteiger partial charge is 0.220 e. The number of halogens is 1. The van der Waals surface area contributed by atoms with Crippen LogP contribution in [0.25, 0.3) is 5.69 Å². The zero-order valence-electron chi connectivity index (χ0n) is 20.6. The lowest BCUT2D eigenvalue weighted by molar-refractivity contribution is -0.121. The molecule has 0 fully saturated rings. The molecule has 0 atom stereocenters. The van der Waals surface area contributed by atoms with Crippen LogP contribution in [0.5, 0.6) is 5.75 Å². The Kier molecular flexibility index (Phi) is 8.67. The Bertz CT molecular complexity index is 1330. The summed E-state index contributed by atoms with van der Waals surface area (Å²) in [4.78, 5) is 12.6. The number of para-hydroxylation sites is 1. The first-order valence-corrected chi connectivity index (χ1v) is 13.1. The van der Waals surface area contributed by atoms with Crippen molar-refractivity contribution in [3.8, 4) is 11.4 Å². The number of carbonyl (C=O) groups is 1. The molecule has 36 heavy (non-hydrogen) atoms. The highest BCUT2D eigenvalue weighted by Crippen LogP contribution is 2.27. The number of rotatable bonds is 10. The molecule has 3 aromatic carbocycles. The van der Waals surface area contributed by atoms with Gasteiger partial charge in [-0.1, -0.05) is 77.0 Å². The number of ether oxygens (including phenoxy) is 1. The zero-order chi connectivity index (χ0) is 25.5. The molecule has 8 heteroatoms. The highest BCUT2D eigenvalue weighted by molar-refractivity contribution is 7.98. The summed E-state index contributed by atoms with van der Waals surface area (Å²) in [5, 5.41) is 13.3. The molecule has 0 radical (unpaired) electrons. The minimum atomic E-state index is -0.0639. The normalized spacial score (nSPS) is 10.9. The first kappa shape index (κ1) is 25.8. The third-order valence-electron chi connectivity index (χ3n) is 5.66. The standard InChI is InChI=1S/C28H29ClN4O2S/c1-19-13-20(2)15-21(14-19)18-36-28-32-31-26(33(28)24-9-6-8-23(29)16-24)11-12-27(34)30-17-22-7-4-5-10-25(22)35-3/h4-10,13-16H,11-12,17-18H2,1-3H3,(H,30,34). The second-order valence-electron chi connectivity index (χ2n) is 8.59. The number of benzene rings is 3. The van der Waals surface area contributed by atoms with Crippen LogP contribution < -0.4 is 10.1 Å². The van der Waals surface area contributed by atoms with E-state index in [1.807, 2.05) is 53.1 Å². The van der Waals surface area contributed by atoms with Crippen LogP contribution in [0.3, 0.4) is 0 Å². The molecule has 0 saturated heterocycles. The molecule has 1 N–H and O–H groups in total. The monoisotopic (exact) mass is 520 g/mol. The summed E-state index contributed by atoms with van der Waals surface area (Å²) in [6, 6.07) is 21.8. The van der Waals surface area contributed by atoms with Crippen LogP contribution >= 0.6 is 23.4 Å². The number of thioether (sulfide) groups is 1. The summed E-state index contributed by atoms with van der Waals surface area (Å²) in [6.45, 7) is 4.61. The fourth-order valence-electron chi connectivity index (χ4n) is 4.09. The third-order valence-corrected chi connectivity index (χ3v) is 6.90.